The summed E-state index contributed by atoms with van der Waals surface area (Å²) in [6.45, 7) is 3.85. The maximum absolute atomic E-state index is 11.6. The highest BCUT2D eigenvalue weighted by atomic mass is 127. The minimum atomic E-state index is -0.327. The fourth-order valence-electron chi connectivity index (χ4n) is 2.60. The number of aliphatic imine (C=N–C) groups is 1. The van der Waals surface area contributed by atoms with Crippen molar-refractivity contribution in [1.82, 2.24) is 16.0 Å². The van der Waals surface area contributed by atoms with Crippen LogP contribution in [-0.4, -0.2) is 55.8 Å². The first-order valence-corrected chi connectivity index (χ1v) is 9.27. The Morgan fingerprint density at radius 2 is 2.13 bits per heavy atom. The molecule has 1 heterocycles. The van der Waals surface area contributed by atoms with Crippen molar-refractivity contribution in [3.05, 3.63) is 0 Å². The van der Waals surface area contributed by atoms with Gasteiger partial charge in [0.15, 0.2) is 5.96 Å². The molecule has 6 nitrogen and oxygen atoms in total. The second kappa shape index (κ2) is 11.2. The topological polar surface area (TPSA) is 74.8 Å². The Labute approximate surface area is 160 Å². The average molecular weight is 456 g/mol. The molecule has 3 N–H and O–H groups in total. The molecule has 134 valence electrons. The summed E-state index contributed by atoms with van der Waals surface area (Å²) in [6.07, 6.45) is 4.61. The summed E-state index contributed by atoms with van der Waals surface area (Å²) in [5, 5.41) is 10.3. The number of thioether (sulfide) groups is 1. The highest BCUT2D eigenvalue weighted by molar-refractivity contribution is 14.0. The van der Waals surface area contributed by atoms with Crippen molar-refractivity contribution < 1.29 is 9.53 Å². The third kappa shape index (κ3) is 7.82. The highest BCUT2D eigenvalue weighted by Crippen LogP contribution is 2.32. The molecule has 2 rings (SSSR count). The number of carbonyl (C=O) groups excluding carboxylic acids is 1. The lowest BCUT2D eigenvalue weighted by Gasteiger charge is -2.21. The number of hydrogen-bond acceptors (Lipinski definition) is 4. The molecule has 2 fully saturated rings. The standard InChI is InChI=1S/C15H28N4O2S.HI/c1-3-21-15(20)19-13(11-6-7-11)10-18-14(16-2)17-9-12-5-4-8-22-12;/h11-13H,3-10H2,1-2H3,(H,19,20)(H2,16,17,18);1H. The normalized spacial score (nSPS) is 22.0. The monoisotopic (exact) mass is 456 g/mol. The van der Waals surface area contributed by atoms with Gasteiger partial charge in [-0.2, -0.15) is 11.8 Å². The van der Waals surface area contributed by atoms with Gasteiger partial charge in [0.1, 0.15) is 0 Å². The van der Waals surface area contributed by atoms with Gasteiger partial charge in [0.2, 0.25) is 0 Å². The Morgan fingerprint density at radius 1 is 1.35 bits per heavy atom. The molecule has 0 spiro atoms. The number of hydrogen-bond donors (Lipinski definition) is 3. The average Bonchev–Trinajstić information content (AvgIpc) is 3.23. The molecule has 2 atom stereocenters. The van der Waals surface area contributed by atoms with Gasteiger partial charge >= 0.3 is 6.09 Å². The maximum atomic E-state index is 11.6. The lowest BCUT2D eigenvalue weighted by Crippen LogP contribution is -2.49. The van der Waals surface area contributed by atoms with Crippen LogP contribution in [0.1, 0.15) is 32.6 Å². The van der Waals surface area contributed by atoms with E-state index in [4.69, 9.17) is 4.74 Å². The predicted octanol–water partition coefficient (Wildman–Crippen LogP) is 2.19. The summed E-state index contributed by atoms with van der Waals surface area (Å²) in [4.78, 5) is 15.8. The van der Waals surface area contributed by atoms with Gasteiger partial charge in [0.05, 0.1) is 12.6 Å². The second-order valence-corrected chi connectivity index (χ2v) is 7.19. The van der Waals surface area contributed by atoms with E-state index < -0.39 is 0 Å². The zero-order valence-electron chi connectivity index (χ0n) is 14.0. The number of halogens is 1. The van der Waals surface area contributed by atoms with Gasteiger partial charge in [-0.3, -0.25) is 4.99 Å². The number of guanidine groups is 1. The first-order chi connectivity index (χ1) is 10.7. The SMILES string of the molecule is CCOC(=O)NC(CNC(=NC)NCC1CCCS1)C1CC1.I. The maximum Gasteiger partial charge on any atom is 0.407 e. The molecule has 2 aliphatic rings. The highest BCUT2D eigenvalue weighted by Gasteiger charge is 2.32. The molecule has 0 aromatic heterocycles. The number of rotatable bonds is 7. The van der Waals surface area contributed by atoms with Gasteiger partial charge in [-0.15, -0.1) is 24.0 Å². The molecule has 1 saturated carbocycles. The minimum absolute atomic E-state index is 0. The van der Waals surface area contributed by atoms with Gasteiger partial charge in [-0.05, 0) is 44.3 Å². The van der Waals surface area contributed by atoms with Crippen LogP contribution in [0, 0.1) is 5.92 Å². The van der Waals surface area contributed by atoms with E-state index in [2.05, 4.69) is 20.9 Å². The molecule has 1 saturated heterocycles. The molecular weight excluding hydrogens is 427 g/mol. The Bertz CT molecular complexity index is 388. The van der Waals surface area contributed by atoms with Gasteiger partial charge in [0, 0.05) is 25.4 Å². The Kier molecular flexibility index (Phi) is 10.1. The van der Waals surface area contributed by atoms with Crippen LogP contribution in [0.25, 0.3) is 0 Å². The first-order valence-electron chi connectivity index (χ1n) is 8.22. The molecular formula is C15H29IN4O2S. The summed E-state index contributed by atoms with van der Waals surface area (Å²) in [6, 6.07) is 0.110. The van der Waals surface area contributed by atoms with E-state index in [0.29, 0.717) is 24.3 Å². The van der Waals surface area contributed by atoms with Crippen LogP contribution in [0.3, 0.4) is 0 Å². The Balaban J connectivity index is 0.00000264. The van der Waals surface area contributed by atoms with Crippen LogP contribution in [0.5, 0.6) is 0 Å². The molecule has 0 radical (unpaired) electrons. The van der Waals surface area contributed by atoms with Crippen LogP contribution < -0.4 is 16.0 Å². The summed E-state index contributed by atoms with van der Waals surface area (Å²) in [5.74, 6) is 2.63. The number of nitrogens with one attached hydrogen (secondary N) is 3. The Hall–Kier alpha value is -0.380. The number of carbonyl (C=O) groups is 1. The van der Waals surface area contributed by atoms with Crippen LogP contribution in [0.15, 0.2) is 4.99 Å². The van der Waals surface area contributed by atoms with Crippen LogP contribution in [0.4, 0.5) is 4.79 Å². The number of nitrogens with zero attached hydrogens (tertiary/aromatic N) is 1. The summed E-state index contributed by atoms with van der Waals surface area (Å²) >= 11 is 2.03. The van der Waals surface area contributed by atoms with Crippen LogP contribution in [0.2, 0.25) is 0 Å². The largest absolute Gasteiger partial charge is 0.450 e. The molecule has 1 amide bonds. The fraction of sp³-hybridized carbons (Fsp3) is 0.867. The van der Waals surface area contributed by atoms with Crippen LogP contribution in [-0.2, 0) is 4.74 Å². The fourth-order valence-corrected chi connectivity index (χ4v) is 3.80. The Morgan fingerprint density at radius 3 is 2.70 bits per heavy atom. The number of amides is 1. The minimum Gasteiger partial charge on any atom is -0.450 e. The van der Waals surface area contributed by atoms with E-state index in [-0.39, 0.29) is 36.1 Å². The molecule has 1 aliphatic heterocycles. The van der Waals surface area contributed by atoms with E-state index in [1.54, 1.807) is 7.05 Å². The van der Waals surface area contributed by atoms with E-state index in [1.165, 1.54) is 31.4 Å². The third-order valence-electron chi connectivity index (χ3n) is 4.00. The van der Waals surface area contributed by atoms with Crippen molar-refractivity contribution in [3.63, 3.8) is 0 Å². The van der Waals surface area contributed by atoms with Gasteiger partial charge < -0.3 is 20.7 Å². The van der Waals surface area contributed by atoms with Crippen molar-refractivity contribution in [2.24, 2.45) is 10.9 Å². The van der Waals surface area contributed by atoms with Crippen molar-refractivity contribution in [3.8, 4) is 0 Å². The quantitative estimate of drug-likeness (QED) is 0.311. The lowest BCUT2D eigenvalue weighted by atomic mass is 10.2. The van der Waals surface area contributed by atoms with Crippen molar-refractivity contribution >= 4 is 47.8 Å². The molecule has 23 heavy (non-hydrogen) atoms. The molecule has 2 unspecified atom stereocenters. The second-order valence-electron chi connectivity index (χ2n) is 5.78. The van der Waals surface area contributed by atoms with E-state index in [1.807, 2.05) is 18.7 Å². The number of alkyl carbamates (subject to hydrolysis) is 1. The van der Waals surface area contributed by atoms with Gasteiger partial charge in [0.25, 0.3) is 0 Å². The lowest BCUT2D eigenvalue weighted by molar-refractivity contribution is 0.146. The number of ether oxygens (including phenoxy) is 1. The van der Waals surface area contributed by atoms with E-state index in [0.717, 1.165) is 12.5 Å². The van der Waals surface area contributed by atoms with E-state index >= 15 is 0 Å². The van der Waals surface area contributed by atoms with Crippen molar-refractivity contribution in [2.45, 2.75) is 43.9 Å². The van der Waals surface area contributed by atoms with Gasteiger partial charge in [-0.1, -0.05) is 0 Å². The van der Waals surface area contributed by atoms with Gasteiger partial charge in [-0.25, -0.2) is 4.79 Å². The van der Waals surface area contributed by atoms with E-state index in [9.17, 15) is 4.79 Å². The third-order valence-corrected chi connectivity index (χ3v) is 5.40. The molecule has 0 aromatic rings. The molecule has 0 bridgehead atoms. The predicted molar refractivity (Wildman–Crippen MR) is 107 cm³/mol. The summed E-state index contributed by atoms with van der Waals surface area (Å²) < 4.78 is 4.97. The summed E-state index contributed by atoms with van der Waals surface area (Å²) in [7, 11) is 1.78. The summed E-state index contributed by atoms with van der Waals surface area (Å²) in [5.41, 5.74) is 0. The van der Waals surface area contributed by atoms with Crippen molar-refractivity contribution in [1.29, 1.82) is 0 Å². The molecule has 8 heteroatoms. The molecule has 1 aliphatic carbocycles. The first kappa shape index (κ1) is 20.7. The zero-order chi connectivity index (χ0) is 15.8. The molecule has 0 aromatic carbocycles. The smallest absolute Gasteiger partial charge is 0.407 e. The van der Waals surface area contributed by atoms with Crippen LogP contribution >= 0.6 is 35.7 Å². The zero-order valence-corrected chi connectivity index (χ0v) is 17.1. The van der Waals surface area contributed by atoms with Crippen molar-refractivity contribution in [2.75, 3.05) is 32.5 Å².